The number of hydroxylamine groups is 1. The Hall–Kier alpha value is -2.53. The van der Waals surface area contributed by atoms with Gasteiger partial charge < -0.3 is 9.47 Å². The number of carbonyl (C=O) groups excluding carboxylic acids is 1. The molecule has 1 aromatic heterocycles. The SMILES string of the molecule is CCCCOc1ccc(S(=O)(=O)[C@@](NCc2ccncc2)(C(=O)NO)C2CCC(OCCC)CC2)cc1. The van der Waals surface area contributed by atoms with Gasteiger partial charge in [0.1, 0.15) is 5.75 Å². The standard InChI is InChI=1S/C27H39N3O6S/c1-3-5-19-36-24-10-12-25(13-11-24)37(33,34)27(26(31)30-32,29-20-21-14-16-28-17-15-21)22-6-8-23(9-7-22)35-18-4-2/h10-17,22-23,29,32H,3-9,18-20H2,1-2H3,(H,30,31)/t22?,23?,27-/m1/s1. The van der Waals surface area contributed by atoms with Crippen molar-refractivity contribution in [2.45, 2.75) is 81.2 Å². The minimum absolute atomic E-state index is 0.0218. The number of hydrogen-bond acceptors (Lipinski definition) is 8. The largest absolute Gasteiger partial charge is 0.494 e. The van der Waals surface area contributed by atoms with Crippen LogP contribution in [0, 0.1) is 5.92 Å². The fourth-order valence-electron chi connectivity index (χ4n) is 4.82. The van der Waals surface area contributed by atoms with Crippen molar-refractivity contribution in [2.75, 3.05) is 13.2 Å². The van der Waals surface area contributed by atoms with Crippen LogP contribution < -0.4 is 15.5 Å². The first-order valence-electron chi connectivity index (χ1n) is 13.1. The second-order valence-corrected chi connectivity index (χ2v) is 11.5. The van der Waals surface area contributed by atoms with E-state index >= 15 is 0 Å². The van der Waals surface area contributed by atoms with Crippen molar-refractivity contribution in [3.8, 4) is 5.75 Å². The van der Waals surface area contributed by atoms with Crippen LogP contribution in [0.2, 0.25) is 0 Å². The fourth-order valence-corrected chi connectivity index (χ4v) is 6.91. The highest BCUT2D eigenvalue weighted by Crippen LogP contribution is 2.41. The second-order valence-electron chi connectivity index (χ2n) is 9.41. The van der Waals surface area contributed by atoms with Crippen molar-refractivity contribution in [1.82, 2.24) is 15.8 Å². The van der Waals surface area contributed by atoms with Gasteiger partial charge in [0.2, 0.25) is 14.7 Å². The Kier molecular flexibility index (Phi) is 10.9. The first-order chi connectivity index (χ1) is 17.9. The molecule has 9 nitrogen and oxygen atoms in total. The van der Waals surface area contributed by atoms with Gasteiger partial charge in [-0.05, 0) is 80.5 Å². The van der Waals surface area contributed by atoms with Crippen molar-refractivity contribution in [3.63, 3.8) is 0 Å². The molecule has 1 aliphatic rings. The maximum atomic E-state index is 14.3. The third kappa shape index (κ3) is 6.87. The molecule has 1 aliphatic carbocycles. The summed E-state index contributed by atoms with van der Waals surface area (Å²) in [5.74, 6) is -1.03. The van der Waals surface area contributed by atoms with Gasteiger partial charge in [-0.25, -0.2) is 13.9 Å². The normalized spacial score (nSPS) is 19.6. The topological polar surface area (TPSA) is 127 Å². The molecule has 1 saturated carbocycles. The summed E-state index contributed by atoms with van der Waals surface area (Å²) in [6.07, 6.45) is 8.16. The highest BCUT2D eigenvalue weighted by Gasteiger charge is 2.57. The van der Waals surface area contributed by atoms with Gasteiger partial charge in [0.15, 0.2) is 0 Å². The summed E-state index contributed by atoms with van der Waals surface area (Å²) in [6.45, 7) is 5.38. The van der Waals surface area contributed by atoms with E-state index in [0.717, 1.165) is 24.8 Å². The number of rotatable bonds is 14. The molecule has 0 spiro atoms. The first kappa shape index (κ1) is 29.0. The van der Waals surface area contributed by atoms with E-state index in [1.165, 1.54) is 12.1 Å². The number of amides is 1. The van der Waals surface area contributed by atoms with Crippen LogP contribution >= 0.6 is 0 Å². The summed E-state index contributed by atoms with van der Waals surface area (Å²) in [7, 11) is -4.32. The maximum Gasteiger partial charge on any atom is 0.280 e. The summed E-state index contributed by atoms with van der Waals surface area (Å²) >= 11 is 0. The monoisotopic (exact) mass is 533 g/mol. The number of benzene rings is 1. The smallest absolute Gasteiger partial charge is 0.280 e. The lowest BCUT2D eigenvalue weighted by atomic mass is 9.81. The number of aromatic nitrogens is 1. The first-order valence-corrected chi connectivity index (χ1v) is 14.5. The summed E-state index contributed by atoms with van der Waals surface area (Å²) in [4.78, 5) is 15.3. The Balaban J connectivity index is 1.97. The Morgan fingerprint density at radius 2 is 1.70 bits per heavy atom. The molecular formula is C27H39N3O6S. The molecule has 0 radical (unpaired) electrons. The predicted octanol–water partition coefficient (Wildman–Crippen LogP) is 4.01. The molecule has 1 fully saturated rings. The second kappa shape index (κ2) is 13.9. The number of sulfone groups is 1. The Labute approximate surface area is 219 Å². The van der Waals surface area contributed by atoms with Gasteiger partial charge in [0.05, 0.1) is 17.6 Å². The van der Waals surface area contributed by atoms with Crippen LogP contribution in [0.15, 0.2) is 53.7 Å². The highest BCUT2D eigenvalue weighted by atomic mass is 32.2. The Morgan fingerprint density at radius 3 is 2.30 bits per heavy atom. The molecule has 0 bridgehead atoms. The van der Waals surface area contributed by atoms with Crippen LogP contribution in [0.1, 0.15) is 64.4 Å². The van der Waals surface area contributed by atoms with E-state index in [2.05, 4.69) is 17.2 Å². The number of ether oxygens (including phenoxy) is 2. The molecule has 1 aromatic carbocycles. The average Bonchev–Trinajstić information content (AvgIpc) is 2.93. The lowest BCUT2D eigenvalue weighted by Gasteiger charge is -2.42. The molecule has 0 saturated heterocycles. The van der Waals surface area contributed by atoms with Crippen LogP contribution in [-0.2, 0) is 25.9 Å². The average molecular weight is 534 g/mol. The van der Waals surface area contributed by atoms with E-state index < -0.39 is 26.5 Å². The number of nitrogens with zero attached hydrogens (tertiary/aromatic N) is 1. The molecule has 3 N–H and O–H groups in total. The van der Waals surface area contributed by atoms with Gasteiger partial charge in [0.25, 0.3) is 5.91 Å². The van der Waals surface area contributed by atoms with Crippen molar-refractivity contribution >= 4 is 15.7 Å². The van der Waals surface area contributed by atoms with Gasteiger partial charge in [-0.15, -0.1) is 0 Å². The highest BCUT2D eigenvalue weighted by molar-refractivity contribution is 7.93. The number of pyridine rings is 1. The zero-order valence-corrected chi connectivity index (χ0v) is 22.5. The number of hydrogen-bond donors (Lipinski definition) is 3. The molecule has 1 atom stereocenters. The maximum absolute atomic E-state index is 14.3. The summed E-state index contributed by atoms with van der Waals surface area (Å²) in [6, 6.07) is 9.61. The fraction of sp³-hybridized carbons (Fsp3) is 0.556. The Bertz CT molecular complexity index is 1070. The quantitative estimate of drug-likeness (QED) is 0.189. The van der Waals surface area contributed by atoms with Crippen molar-refractivity contribution in [2.24, 2.45) is 5.92 Å². The molecule has 10 heteroatoms. The van der Waals surface area contributed by atoms with Gasteiger partial charge in [-0.2, -0.15) is 0 Å². The predicted molar refractivity (Wildman–Crippen MR) is 140 cm³/mol. The van der Waals surface area contributed by atoms with Gasteiger partial charge >= 0.3 is 0 Å². The van der Waals surface area contributed by atoms with Crippen LogP contribution in [0.25, 0.3) is 0 Å². The van der Waals surface area contributed by atoms with E-state index in [1.807, 2.05) is 6.92 Å². The molecular weight excluding hydrogens is 494 g/mol. The molecule has 2 aromatic rings. The third-order valence-corrected chi connectivity index (χ3v) is 9.28. The van der Waals surface area contributed by atoms with E-state index in [1.54, 1.807) is 42.1 Å². The minimum Gasteiger partial charge on any atom is -0.494 e. The van der Waals surface area contributed by atoms with Crippen LogP contribution in [-0.4, -0.2) is 48.7 Å². The molecule has 3 rings (SSSR count). The van der Waals surface area contributed by atoms with Crippen LogP contribution in [0.5, 0.6) is 5.75 Å². The van der Waals surface area contributed by atoms with Crippen molar-refractivity contribution < 1.29 is 27.9 Å². The van der Waals surface area contributed by atoms with E-state index in [0.29, 0.717) is 44.6 Å². The zero-order chi connectivity index (χ0) is 26.7. The van der Waals surface area contributed by atoms with Gasteiger partial charge in [-0.1, -0.05) is 20.3 Å². The molecule has 1 heterocycles. The van der Waals surface area contributed by atoms with Crippen molar-refractivity contribution in [3.05, 3.63) is 54.4 Å². The summed E-state index contributed by atoms with van der Waals surface area (Å²) in [5, 5.41) is 12.8. The lowest BCUT2D eigenvalue weighted by molar-refractivity contribution is -0.135. The minimum atomic E-state index is -4.32. The number of nitrogens with one attached hydrogen (secondary N) is 2. The molecule has 204 valence electrons. The van der Waals surface area contributed by atoms with Crippen LogP contribution in [0.4, 0.5) is 0 Å². The van der Waals surface area contributed by atoms with Crippen LogP contribution in [0.3, 0.4) is 0 Å². The molecule has 0 unspecified atom stereocenters. The van der Waals surface area contributed by atoms with E-state index in [4.69, 9.17) is 9.47 Å². The number of unbranched alkanes of at least 4 members (excludes halogenated alkanes) is 1. The zero-order valence-electron chi connectivity index (χ0n) is 21.7. The molecule has 37 heavy (non-hydrogen) atoms. The molecule has 1 amide bonds. The van der Waals surface area contributed by atoms with E-state index in [9.17, 15) is 18.4 Å². The van der Waals surface area contributed by atoms with Gasteiger partial charge in [0, 0.05) is 31.5 Å². The van der Waals surface area contributed by atoms with Gasteiger partial charge in [-0.3, -0.25) is 20.3 Å². The Morgan fingerprint density at radius 1 is 1.03 bits per heavy atom. The van der Waals surface area contributed by atoms with Crippen molar-refractivity contribution in [1.29, 1.82) is 0 Å². The third-order valence-electron chi connectivity index (χ3n) is 6.87. The number of carbonyl (C=O) groups is 1. The summed E-state index contributed by atoms with van der Waals surface area (Å²) in [5.41, 5.74) is 2.42. The summed E-state index contributed by atoms with van der Waals surface area (Å²) < 4.78 is 40.1. The van der Waals surface area contributed by atoms with E-state index in [-0.39, 0.29) is 17.5 Å². The molecule has 0 aliphatic heterocycles. The lowest BCUT2D eigenvalue weighted by Crippen LogP contribution is -2.66.